The van der Waals surface area contributed by atoms with E-state index in [0.29, 0.717) is 4.90 Å². The van der Waals surface area contributed by atoms with Gasteiger partial charge in [-0.1, -0.05) is 6.92 Å². The number of anilines is 1. The van der Waals surface area contributed by atoms with Crippen molar-refractivity contribution in [3.05, 3.63) is 45.1 Å². The molecule has 0 unspecified atom stereocenters. The zero-order valence-corrected chi connectivity index (χ0v) is 13.6. The number of thiophene rings is 1. The van der Waals surface area contributed by atoms with Crippen LogP contribution in [0.15, 0.2) is 45.1 Å². The van der Waals surface area contributed by atoms with E-state index in [2.05, 4.69) is 21.2 Å². The summed E-state index contributed by atoms with van der Waals surface area (Å²) in [6.07, 6.45) is 0. The molecule has 0 saturated carbocycles. The van der Waals surface area contributed by atoms with E-state index in [0.717, 1.165) is 16.7 Å². The molecule has 6 heteroatoms. The molecule has 19 heavy (non-hydrogen) atoms. The Balaban J connectivity index is 2.06. The highest BCUT2D eigenvalue weighted by atomic mass is 79.9. The molecule has 0 spiro atoms. The summed E-state index contributed by atoms with van der Waals surface area (Å²) in [5.74, 6) is 0.127. The second kappa shape index (κ2) is 6.07. The lowest BCUT2D eigenvalue weighted by Crippen LogP contribution is -2.04. The summed E-state index contributed by atoms with van der Waals surface area (Å²) in [5, 5.41) is 5.30. The van der Waals surface area contributed by atoms with Crippen LogP contribution >= 0.6 is 27.3 Å². The Bertz CT molecular complexity index is 648. The van der Waals surface area contributed by atoms with E-state index in [1.54, 1.807) is 42.5 Å². The lowest BCUT2D eigenvalue weighted by molar-refractivity contribution is 0.597. The number of sulfone groups is 1. The van der Waals surface area contributed by atoms with Gasteiger partial charge in [0.25, 0.3) is 0 Å². The van der Waals surface area contributed by atoms with E-state index < -0.39 is 9.84 Å². The molecule has 0 amide bonds. The van der Waals surface area contributed by atoms with Crippen LogP contribution in [0, 0.1) is 0 Å². The minimum atomic E-state index is -3.11. The topological polar surface area (TPSA) is 46.2 Å². The Labute approximate surface area is 125 Å². The van der Waals surface area contributed by atoms with Gasteiger partial charge in [0.1, 0.15) is 0 Å². The molecular formula is C13H14BrNO2S2. The van der Waals surface area contributed by atoms with Crippen LogP contribution in [-0.2, 0) is 16.4 Å². The Morgan fingerprint density at radius 2 is 1.89 bits per heavy atom. The van der Waals surface area contributed by atoms with Crippen LogP contribution in [0.25, 0.3) is 0 Å². The fraction of sp³-hybridized carbons (Fsp3) is 0.231. The molecule has 0 aliphatic carbocycles. The zero-order chi connectivity index (χ0) is 13.9. The van der Waals surface area contributed by atoms with Crippen molar-refractivity contribution in [3.63, 3.8) is 0 Å². The maximum absolute atomic E-state index is 11.7. The summed E-state index contributed by atoms with van der Waals surface area (Å²) in [7, 11) is -3.11. The van der Waals surface area contributed by atoms with Crippen LogP contribution in [0.3, 0.4) is 0 Å². The molecule has 1 aromatic heterocycles. The molecule has 0 atom stereocenters. The molecule has 0 aliphatic heterocycles. The zero-order valence-electron chi connectivity index (χ0n) is 10.4. The maximum atomic E-state index is 11.7. The molecule has 0 radical (unpaired) electrons. The highest BCUT2D eigenvalue weighted by Crippen LogP contribution is 2.24. The van der Waals surface area contributed by atoms with E-state index in [9.17, 15) is 8.42 Å². The smallest absolute Gasteiger partial charge is 0.178 e. The van der Waals surface area contributed by atoms with Crippen LogP contribution in [0.2, 0.25) is 0 Å². The van der Waals surface area contributed by atoms with Crippen LogP contribution in [-0.4, -0.2) is 14.2 Å². The van der Waals surface area contributed by atoms with Gasteiger partial charge in [-0.25, -0.2) is 8.42 Å². The Hall–Kier alpha value is -0.850. The number of rotatable bonds is 5. The molecule has 2 rings (SSSR count). The fourth-order valence-corrected chi connectivity index (χ4v) is 3.90. The van der Waals surface area contributed by atoms with Crippen LogP contribution in [0.5, 0.6) is 0 Å². The number of hydrogen-bond donors (Lipinski definition) is 1. The molecule has 102 valence electrons. The van der Waals surface area contributed by atoms with Crippen LogP contribution in [0.1, 0.15) is 11.8 Å². The van der Waals surface area contributed by atoms with Gasteiger partial charge in [-0.05, 0) is 51.6 Å². The third-order valence-electron chi connectivity index (χ3n) is 2.74. The summed E-state index contributed by atoms with van der Waals surface area (Å²) in [6, 6.07) is 8.89. The molecular weight excluding hydrogens is 346 g/mol. The largest absolute Gasteiger partial charge is 0.380 e. The molecule has 0 bridgehead atoms. The first kappa shape index (κ1) is 14.6. The molecule has 0 aliphatic rings. The average molecular weight is 360 g/mol. The lowest BCUT2D eigenvalue weighted by atomic mass is 10.3. The Kier molecular flexibility index (Phi) is 4.65. The standard InChI is InChI=1S/C13H14BrNO2S2/c1-2-19(16,17)11-5-3-10(4-6-11)15-9-13-12(14)7-8-18-13/h3-8,15H,2,9H2,1H3. The van der Waals surface area contributed by atoms with E-state index in [1.165, 1.54) is 4.88 Å². The number of benzene rings is 1. The first-order chi connectivity index (χ1) is 9.03. The van der Waals surface area contributed by atoms with Gasteiger partial charge in [-0.2, -0.15) is 0 Å². The highest BCUT2D eigenvalue weighted by molar-refractivity contribution is 9.10. The van der Waals surface area contributed by atoms with Crippen molar-refractivity contribution in [2.24, 2.45) is 0 Å². The van der Waals surface area contributed by atoms with E-state index in [-0.39, 0.29) is 5.75 Å². The predicted molar refractivity (Wildman–Crippen MR) is 83.5 cm³/mol. The molecule has 0 fully saturated rings. The minimum absolute atomic E-state index is 0.127. The number of halogens is 1. The molecule has 1 N–H and O–H groups in total. The molecule has 2 aromatic rings. The molecule has 3 nitrogen and oxygen atoms in total. The third-order valence-corrected chi connectivity index (χ3v) is 6.41. The van der Waals surface area contributed by atoms with E-state index in [1.807, 2.05) is 11.4 Å². The minimum Gasteiger partial charge on any atom is -0.380 e. The first-order valence-corrected chi connectivity index (χ1v) is 9.14. The van der Waals surface area contributed by atoms with Crippen LogP contribution in [0.4, 0.5) is 5.69 Å². The predicted octanol–water partition coefficient (Wildman–Crippen LogP) is 3.92. The Morgan fingerprint density at radius 1 is 1.21 bits per heavy atom. The van der Waals surface area contributed by atoms with Crippen molar-refractivity contribution < 1.29 is 8.42 Å². The van der Waals surface area contributed by atoms with Gasteiger partial charge in [0.2, 0.25) is 0 Å². The number of hydrogen-bond acceptors (Lipinski definition) is 4. The highest BCUT2D eigenvalue weighted by Gasteiger charge is 2.10. The van der Waals surface area contributed by atoms with E-state index in [4.69, 9.17) is 0 Å². The quantitative estimate of drug-likeness (QED) is 0.879. The molecule has 1 heterocycles. The Morgan fingerprint density at radius 3 is 2.42 bits per heavy atom. The molecule has 1 aromatic carbocycles. The van der Waals surface area contributed by atoms with Crippen LogP contribution < -0.4 is 5.32 Å². The van der Waals surface area contributed by atoms with Crippen molar-refractivity contribution in [1.29, 1.82) is 0 Å². The second-order valence-corrected chi connectivity index (χ2v) is 8.11. The first-order valence-electron chi connectivity index (χ1n) is 5.81. The van der Waals surface area contributed by atoms with Crippen molar-refractivity contribution in [1.82, 2.24) is 0 Å². The summed E-state index contributed by atoms with van der Waals surface area (Å²) >= 11 is 5.15. The summed E-state index contributed by atoms with van der Waals surface area (Å²) in [6.45, 7) is 2.37. The average Bonchev–Trinajstić information content (AvgIpc) is 2.82. The van der Waals surface area contributed by atoms with Gasteiger partial charge in [-0.3, -0.25) is 0 Å². The van der Waals surface area contributed by atoms with Gasteiger partial charge in [0, 0.05) is 15.0 Å². The van der Waals surface area contributed by atoms with Gasteiger partial charge in [0.15, 0.2) is 9.84 Å². The maximum Gasteiger partial charge on any atom is 0.178 e. The second-order valence-electron chi connectivity index (χ2n) is 3.97. The van der Waals surface area contributed by atoms with Crippen molar-refractivity contribution in [2.45, 2.75) is 18.4 Å². The summed E-state index contributed by atoms with van der Waals surface area (Å²) < 4.78 is 24.4. The molecule has 0 saturated heterocycles. The summed E-state index contributed by atoms with van der Waals surface area (Å²) in [5.41, 5.74) is 0.912. The van der Waals surface area contributed by atoms with Crippen molar-refractivity contribution >= 4 is 42.8 Å². The van der Waals surface area contributed by atoms with Gasteiger partial charge >= 0.3 is 0 Å². The van der Waals surface area contributed by atoms with E-state index >= 15 is 0 Å². The third kappa shape index (κ3) is 3.58. The van der Waals surface area contributed by atoms with Crippen molar-refractivity contribution in [3.8, 4) is 0 Å². The van der Waals surface area contributed by atoms with Gasteiger partial charge in [0.05, 0.1) is 17.2 Å². The SMILES string of the molecule is CCS(=O)(=O)c1ccc(NCc2sccc2Br)cc1. The summed E-state index contributed by atoms with van der Waals surface area (Å²) in [4.78, 5) is 1.59. The van der Waals surface area contributed by atoms with Crippen molar-refractivity contribution in [2.75, 3.05) is 11.1 Å². The monoisotopic (exact) mass is 359 g/mol. The van der Waals surface area contributed by atoms with Gasteiger partial charge < -0.3 is 5.32 Å². The lowest BCUT2D eigenvalue weighted by Gasteiger charge is -2.07. The van der Waals surface area contributed by atoms with Gasteiger partial charge in [-0.15, -0.1) is 11.3 Å². The number of nitrogens with one attached hydrogen (secondary N) is 1. The normalized spacial score (nSPS) is 11.5. The fourth-order valence-electron chi connectivity index (χ4n) is 1.58.